The van der Waals surface area contributed by atoms with E-state index in [0.29, 0.717) is 0 Å². The summed E-state index contributed by atoms with van der Waals surface area (Å²) in [6.07, 6.45) is 0. The Hall–Kier alpha value is -0.890. The Morgan fingerprint density at radius 3 is 2.65 bits per heavy atom. The second kappa shape index (κ2) is 11.6. The Labute approximate surface area is 149 Å². The topological polar surface area (TPSA) is 76.8 Å². The number of nitrogens with two attached hydrogens (primary N) is 1. The maximum atomic E-state index is 12.0. The highest BCUT2D eigenvalue weighted by Crippen LogP contribution is 2.18. The highest BCUT2D eigenvalue weighted by molar-refractivity contribution is 5.95. The minimum absolute atomic E-state index is 0. The fourth-order valence-electron chi connectivity index (χ4n) is 2.26. The number of anilines is 1. The number of amides is 1. The van der Waals surface area contributed by atoms with Gasteiger partial charge in [-0.1, -0.05) is 18.2 Å². The van der Waals surface area contributed by atoms with E-state index < -0.39 is 6.04 Å². The number of para-hydroxylation sites is 1. The summed E-state index contributed by atoms with van der Waals surface area (Å²) >= 11 is 0. The van der Waals surface area contributed by atoms with Crippen LogP contribution in [0.4, 0.5) is 5.69 Å². The number of methoxy groups -OCH3 is 1. The van der Waals surface area contributed by atoms with Gasteiger partial charge in [-0.2, -0.15) is 0 Å². The molecule has 0 aliphatic carbocycles. The van der Waals surface area contributed by atoms with Crippen molar-refractivity contribution in [1.29, 1.82) is 0 Å². The summed E-state index contributed by atoms with van der Waals surface area (Å²) in [4.78, 5) is 14.3. The summed E-state index contributed by atoms with van der Waals surface area (Å²) in [5.74, 6) is -0.230. The van der Waals surface area contributed by atoms with Crippen molar-refractivity contribution in [1.82, 2.24) is 4.90 Å². The average molecular weight is 366 g/mol. The van der Waals surface area contributed by atoms with Crippen LogP contribution >= 0.6 is 24.8 Å². The van der Waals surface area contributed by atoms with Crippen LogP contribution in [0.3, 0.4) is 0 Å². The van der Waals surface area contributed by atoms with Crippen LogP contribution in [0.5, 0.6) is 0 Å². The zero-order valence-corrected chi connectivity index (χ0v) is 14.8. The fourth-order valence-corrected chi connectivity index (χ4v) is 2.26. The molecule has 3 N–H and O–H groups in total. The molecule has 1 heterocycles. The molecule has 6 nitrogen and oxygen atoms in total. The third-order valence-corrected chi connectivity index (χ3v) is 3.46. The van der Waals surface area contributed by atoms with Crippen LogP contribution in [0.25, 0.3) is 0 Å². The smallest absolute Gasteiger partial charge is 0.243 e. The van der Waals surface area contributed by atoms with Gasteiger partial charge >= 0.3 is 0 Å². The van der Waals surface area contributed by atoms with Crippen LogP contribution in [-0.4, -0.2) is 56.9 Å². The molecule has 1 amide bonds. The quantitative estimate of drug-likeness (QED) is 0.793. The second-order valence-electron chi connectivity index (χ2n) is 5.10. The van der Waals surface area contributed by atoms with Gasteiger partial charge in [-0.25, -0.2) is 0 Å². The lowest BCUT2D eigenvalue weighted by molar-refractivity contribution is -0.118. The molecule has 0 aromatic heterocycles. The number of benzene rings is 1. The molecule has 1 aromatic rings. The first-order valence-electron chi connectivity index (χ1n) is 7.14. The number of hydrogen-bond acceptors (Lipinski definition) is 5. The zero-order chi connectivity index (χ0) is 15.1. The van der Waals surface area contributed by atoms with Gasteiger partial charge in [0.1, 0.15) is 6.04 Å². The molecule has 1 aliphatic heterocycles. The molecule has 2 rings (SSSR count). The van der Waals surface area contributed by atoms with Crippen molar-refractivity contribution < 1.29 is 14.3 Å². The minimum atomic E-state index is -0.661. The molecular weight excluding hydrogens is 341 g/mol. The third-order valence-electron chi connectivity index (χ3n) is 3.46. The lowest BCUT2D eigenvalue weighted by Gasteiger charge is -2.27. The molecule has 8 heteroatoms. The lowest BCUT2D eigenvalue weighted by atomic mass is 10.1. The van der Waals surface area contributed by atoms with E-state index >= 15 is 0 Å². The number of hydrogen-bond donors (Lipinski definition) is 2. The highest BCUT2D eigenvalue weighted by atomic mass is 35.5. The van der Waals surface area contributed by atoms with E-state index in [0.717, 1.165) is 44.1 Å². The molecule has 1 unspecified atom stereocenters. The SMILES string of the molecule is COCC(N)C(=O)Nc1ccccc1CN1CCOCC1.Cl.Cl. The molecule has 0 bridgehead atoms. The molecule has 1 saturated heterocycles. The number of morpholine rings is 1. The van der Waals surface area contributed by atoms with Gasteiger partial charge in [0.05, 0.1) is 19.8 Å². The molecule has 1 atom stereocenters. The van der Waals surface area contributed by atoms with Crippen LogP contribution in [-0.2, 0) is 20.8 Å². The van der Waals surface area contributed by atoms with Gasteiger partial charge in [0.25, 0.3) is 0 Å². The summed E-state index contributed by atoms with van der Waals surface area (Å²) in [5.41, 5.74) is 7.63. The monoisotopic (exact) mass is 365 g/mol. The van der Waals surface area contributed by atoms with E-state index in [-0.39, 0.29) is 37.3 Å². The number of ether oxygens (including phenoxy) is 2. The maximum Gasteiger partial charge on any atom is 0.243 e. The summed E-state index contributed by atoms with van der Waals surface area (Å²) < 4.78 is 10.3. The first-order chi connectivity index (χ1) is 10.2. The number of rotatable bonds is 6. The average Bonchev–Trinajstić information content (AvgIpc) is 2.50. The standard InChI is InChI=1S/C15H23N3O3.2ClH/c1-20-11-13(16)15(19)17-14-5-3-2-4-12(14)10-18-6-8-21-9-7-18;;/h2-5,13H,6-11,16H2,1H3,(H,17,19);2*1H. The predicted molar refractivity (Wildman–Crippen MR) is 95.5 cm³/mol. The molecule has 0 radical (unpaired) electrons. The molecule has 1 fully saturated rings. The van der Waals surface area contributed by atoms with Crippen molar-refractivity contribution in [2.75, 3.05) is 45.3 Å². The van der Waals surface area contributed by atoms with Crippen LogP contribution in [0.2, 0.25) is 0 Å². The van der Waals surface area contributed by atoms with Crippen molar-refractivity contribution >= 4 is 36.4 Å². The van der Waals surface area contributed by atoms with E-state index in [9.17, 15) is 4.79 Å². The Morgan fingerprint density at radius 2 is 2.00 bits per heavy atom. The number of carbonyl (C=O) groups excluding carboxylic acids is 1. The molecular formula is C15H25Cl2N3O3. The predicted octanol–water partition coefficient (Wildman–Crippen LogP) is 1.27. The van der Waals surface area contributed by atoms with Crippen LogP contribution in [0, 0.1) is 0 Å². The van der Waals surface area contributed by atoms with E-state index in [1.807, 2.05) is 24.3 Å². The van der Waals surface area contributed by atoms with Gasteiger partial charge < -0.3 is 20.5 Å². The van der Waals surface area contributed by atoms with Crippen molar-refractivity contribution in [3.63, 3.8) is 0 Å². The van der Waals surface area contributed by atoms with E-state index in [4.69, 9.17) is 15.2 Å². The first-order valence-corrected chi connectivity index (χ1v) is 7.14. The lowest BCUT2D eigenvalue weighted by Crippen LogP contribution is -2.39. The van der Waals surface area contributed by atoms with Crippen LogP contribution < -0.4 is 11.1 Å². The number of halogens is 2. The number of nitrogens with zero attached hydrogens (tertiary/aromatic N) is 1. The third kappa shape index (κ3) is 7.03. The largest absolute Gasteiger partial charge is 0.383 e. The van der Waals surface area contributed by atoms with Crippen molar-refractivity contribution in [2.24, 2.45) is 5.73 Å². The Kier molecular flexibility index (Phi) is 11.2. The van der Waals surface area contributed by atoms with Gasteiger partial charge in [0, 0.05) is 32.4 Å². The molecule has 1 aromatic carbocycles. The normalized spacial score (nSPS) is 15.9. The molecule has 0 saturated carbocycles. The molecule has 0 spiro atoms. The number of nitrogens with one attached hydrogen (secondary N) is 1. The highest BCUT2D eigenvalue weighted by Gasteiger charge is 2.16. The Morgan fingerprint density at radius 1 is 1.35 bits per heavy atom. The van der Waals surface area contributed by atoms with Gasteiger partial charge in [-0.15, -0.1) is 24.8 Å². The van der Waals surface area contributed by atoms with Gasteiger partial charge in [0.15, 0.2) is 0 Å². The molecule has 1 aliphatic rings. The van der Waals surface area contributed by atoms with Crippen molar-refractivity contribution in [3.05, 3.63) is 29.8 Å². The van der Waals surface area contributed by atoms with Crippen molar-refractivity contribution in [2.45, 2.75) is 12.6 Å². The van der Waals surface area contributed by atoms with Crippen LogP contribution in [0.15, 0.2) is 24.3 Å². The van der Waals surface area contributed by atoms with Gasteiger partial charge in [0.2, 0.25) is 5.91 Å². The van der Waals surface area contributed by atoms with E-state index in [1.54, 1.807) is 0 Å². The van der Waals surface area contributed by atoms with E-state index in [1.165, 1.54) is 7.11 Å². The zero-order valence-electron chi connectivity index (χ0n) is 13.2. The second-order valence-corrected chi connectivity index (χ2v) is 5.10. The van der Waals surface area contributed by atoms with Gasteiger partial charge in [-0.05, 0) is 11.6 Å². The summed E-state index contributed by atoms with van der Waals surface area (Å²) in [6, 6.07) is 7.13. The maximum absolute atomic E-state index is 12.0. The van der Waals surface area contributed by atoms with Gasteiger partial charge in [-0.3, -0.25) is 9.69 Å². The molecule has 132 valence electrons. The first kappa shape index (κ1) is 22.1. The Bertz CT molecular complexity index is 471. The summed E-state index contributed by atoms with van der Waals surface area (Å²) in [6.45, 7) is 4.33. The summed E-state index contributed by atoms with van der Waals surface area (Å²) in [5, 5.41) is 2.88. The molecule has 23 heavy (non-hydrogen) atoms. The minimum Gasteiger partial charge on any atom is -0.383 e. The van der Waals surface area contributed by atoms with Crippen molar-refractivity contribution in [3.8, 4) is 0 Å². The fraction of sp³-hybridized carbons (Fsp3) is 0.533. The van der Waals surface area contributed by atoms with Crippen LogP contribution in [0.1, 0.15) is 5.56 Å². The Balaban J connectivity index is 0.00000242. The van der Waals surface area contributed by atoms with E-state index in [2.05, 4.69) is 10.2 Å². The summed E-state index contributed by atoms with van der Waals surface area (Å²) in [7, 11) is 1.53. The number of carbonyl (C=O) groups is 1.